The number of hydrogen-bond donors (Lipinski definition) is 3. The molecule has 0 radical (unpaired) electrons. The molecule has 1 amide bonds. The Morgan fingerprint density at radius 1 is 1.10 bits per heavy atom. The number of carbonyl (C=O) groups is 1. The molecule has 3 heterocycles. The summed E-state index contributed by atoms with van der Waals surface area (Å²) in [6.45, 7) is 0. The van der Waals surface area contributed by atoms with Crippen LogP contribution in [0.4, 0.5) is 5.69 Å². The van der Waals surface area contributed by atoms with Crippen LogP contribution in [-0.4, -0.2) is 23.0 Å². The predicted molar refractivity (Wildman–Crippen MR) is 113 cm³/mol. The zero-order chi connectivity index (χ0) is 19.4. The van der Waals surface area contributed by atoms with Crippen molar-refractivity contribution in [3.63, 3.8) is 0 Å². The number of nitrogens with zero attached hydrogens (tertiary/aromatic N) is 1. The van der Waals surface area contributed by atoms with Gasteiger partial charge in [0.05, 0.1) is 5.41 Å². The van der Waals surface area contributed by atoms with E-state index in [1.165, 1.54) is 18.4 Å². The molecule has 3 N–H and O–H groups in total. The summed E-state index contributed by atoms with van der Waals surface area (Å²) >= 11 is 0. The van der Waals surface area contributed by atoms with Gasteiger partial charge in [0.1, 0.15) is 0 Å². The normalized spacial score (nSPS) is 37.5. The Kier molecular flexibility index (Phi) is 3.90. The molecule has 1 aromatic carbocycles. The monoisotopic (exact) mass is 386 g/mol. The summed E-state index contributed by atoms with van der Waals surface area (Å²) in [5, 5.41) is 3.12. The Morgan fingerprint density at radius 3 is 2.93 bits per heavy atom. The van der Waals surface area contributed by atoms with E-state index >= 15 is 0 Å². The van der Waals surface area contributed by atoms with E-state index in [2.05, 4.69) is 51.5 Å². The molecular weight excluding hydrogens is 360 g/mol. The van der Waals surface area contributed by atoms with Crippen LogP contribution in [0.2, 0.25) is 0 Å². The summed E-state index contributed by atoms with van der Waals surface area (Å²) in [5.41, 5.74) is 10.2. The number of pyridine rings is 1. The van der Waals surface area contributed by atoms with Crippen LogP contribution in [0.1, 0.15) is 36.8 Å². The Labute approximate surface area is 171 Å². The highest BCUT2D eigenvalue weighted by molar-refractivity contribution is 6.08. The molecule has 2 saturated carbocycles. The molecule has 4 unspecified atom stereocenters. The lowest BCUT2D eigenvalue weighted by molar-refractivity contribution is -0.118. The molecule has 29 heavy (non-hydrogen) atoms. The van der Waals surface area contributed by atoms with Gasteiger partial charge in [0, 0.05) is 30.2 Å². The second-order valence-corrected chi connectivity index (χ2v) is 9.09. The molecule has 148 valence electrons. The van der Waals surface area contributed by atoms with E-state index in [4.69, 9.17) is 0 Å². The molecule has 6 rings (SSSR count). The fourth-order valence-corrected chi connectivity index (χ4v) is 6.14. The number of hydrogen-bond acceptors (Lipinski definition) is 4. The van der Waals surface area contributed by atoms with Gasteiger partial charge in [-0.1, -0.05) is 36.4 Å². The molecule has 2 aromatic rings. The van der Waals surface area contributed by atoms with Gasteiger partial charge >= 0.3 is 0 Å². The van der Waals surface area contributed by atoms with Crippen LogP contribution < -0.4 is 16.2 Å². The smallest absolute Gasteiger partial charge is 0.235 e. The first-order valence-corrected chi connectivity index (χ1v) is 10.8. The van der Waals surface area contributed by atoms with Gasteiger partial charge in [-0.15, -0.1) is 0 Å². The van der Waals surface area contributed by atoms with Crippen LogP contribution >= 0.6 is 0 Å². The van der Waals surface area contributed by atoms with E-state index in [0.29, 0.717) is 29.8 Å². The lowest BCUT2D eigenvalue weighted by Crippen LogP contribution is -2.37. The average molecular weight is 386 g/mol. The third-order valence-electron chi connectivity index (χ3n) is 7.67. The number of hydrazine groups is 1. The molecule has 1 saturated heterocycles. The number of aromatic nitrogens is 1. The van der Waals surface area contributed by atoms with Gasteiger partial charge in [0.2, 0.25) is 5.91 Å². The van der Waals surface area contributed by atoms with E-state index < -0.39 is 0 Å². The molecule has 0 bridgehead atoms. The molecular formula is C24H26N4O. The number of benzene rings is 1. The van der Waals surface area contributed by atoms with Crippen LogP contribution in [0.5, 0.6) is 0 Å². The quantitative estimate of drug-likeness (QED) is 0.758. The van der Waals surface area contributed by atoms with Gasteiger partial charge in [-0.05, 0) is 66.7 Å². The Hall–Kier alpha value is -2.50. The highest BCUT2D eigenvalue weighted by Crippen LogP contribution is 2.64. The topological polar surface area (TPSA) is 66.0 Å². The summed E-state index contributed by atoms with van der Waals surface area (Å²) in [6, 6.07) is 13.1. The molecule has 5 nitrogen and oxygen atoms in total. The largest absolute Gasteiger partial charge is 0.325 e. The minimum atomic E-state index is -0.250. The highest BCUT2D eigenvalue weighted by Gasteiger charge is 2.67. The lowest BCUT2D eigenvalue weighted by Gasteiger charge is -2.33. The molecule has 6 atom stereocenters. The van der Waals surface area contributed by atoms with Crippen molar-refractivity contribution in [2.24, 2.45) is 17.8 Å². The first-order chi connectivity index (χ1) is 14.3. The van der Waals surface area contributed by atoms with Crippen LogP contribution in [-0.2, 0) is 10.2 Å². The number of para-hydroxylation sites is 1. The zero-order valence-corrected chi connectivity index (χ0v) is 16.3. The Bertz CT molecular complexity index is 974. The number of fused-ring (bicyclic) bond motifs is 3. The van der Waals surface area contributed by atoms with Crippen molar-refractivity contribution in [1.82, 2.24) is 15.8 Å². The average Bonchev–Trinajstić information content (AvgIpc) is 3.29. The molecule has 1 aromatic heterocycles. The Balaban J connectivity index is 1.15. The van der Waals surface area contributed by atoms with Crippen molar-refractivity contribution in [3.8, 4) is 0 Å². The van der Waals surface area contributed by atoms with Gasteiger partial charge in [-0.25, -0.2) is 0 Å². The van der Waals surface area contributed by atoms with E-state index in [9.17, 15) is 4.79 Å². The van der Waals surface area contributed by atoms with Crippen molar-refractivity contribution in [3.05, 3.63) is 66.0 Å². The third-order valence-corrected chi connectivity index (χ3v) is 7.67. The fourth-order valence-electron chi connectivity index (χ4n) is 6.14. The lowest BCUT2D eigenvalue weighted by atomic mass is 9.73. The van der Waals surface area contributed by atoms with Crippen LogP contribution in [0.3, 0.4) is 0 Å². The molecule has 3 fully saturated rings. The minimum absolute atomic E-state index is 0.223. The van der Waals surface area contributed by atoms with E-state index in [0.717, 1.165) is 24.1 Å². The molecule has 2 aliphatic carbocycles. The summed E-state index contributed by atoms with van der Waals surface area (Å²) in [7, 11) is 0. The number of nitrogens with one attached hydrogen (secondary N) is 3. The summed E-state index contributed by atoms with van der Waals surface area (Å²) in [5.74, 6) is 1.93. The van der Waals surface area contributed by atoms with Crippen molar-refractivity contribution in [2.75, 3.05) is 5.32 Å². The minimum Gasteiger partial charge on any atom is -0.325 e. The second kappa shape index (κ2) is 6.51. The molecule has 1 spiro atoms. The summed E-state index contributed by atoms with van der Waals surface area (Å²) < 4.78 is 0. The van der Waals surface area contributed by atoms with E-state index in [-0.39, 0.29) is 11.3 Å². The van der Waals surface area contributed by atoms with Gasteiger partial charge in [0.25, 0.3) is 0 Å². The maximum absolute atomic E-state index is 12.8. The highest BCUT2D eigenvalue weighted by atomic mass is 16.2. The number of amides is 1. The summed E-state index contributed by atoms with van der Waals surface area (Å²) in [6.07, 6.45) is 12.7. The Morgan fingerprint density at radius 2 is 2.03 bits per heavy atom. The third kappa shape index (κ3) is 2.68. The number of anilines is 1. The van der Waals surface area contributed by atoms with E-state index in [1.54, 1.807) is 6.20 Å². The maximum Gasteiger partial charge on any atom is 0.235 e. The first kappa shape index (κ1) is 17.4. The summed E-state index contributed by atoms with van der Waals surface area (Å²) in [4.78, 5) is 17.0. The van der Waals surface area contributed by atoms with Crippen LogP contribution in [0.25, 0.3) is 6.08 Å². The predicted octanol–water partition coefficient (Wildman–Crippen LogP) is 3.27. The van der Waals surface area contributed by atoms with Gasteiger partial charge < -0.3 is 5.32 Å². The second-order valence-electron chi connectivity index (χ2n) is 9.09. The number of rotatable bonds is 3. The molecule has 2 aliphatic heterocycles. The van der Waals surface area contributed by atoms with Crippen molar-refractivity contribution >= 4 is 17.7 Å². The van der Waals surface area contributed by atoms with Gasteiger partial charge in [-0.3, -0.25) is 20.6 Å². The van der Waals surface area contributed by atoms with Gasteiger partial charge in [-0.2, -0.15) is 0 Å². The zero-order valence-electron chi connectivity index (χ0n) is 16.3. The van der Waals surface area contributed by atoms with Gasteiger partial charge in [0.15, 0.2) is 0 Å². The van der Waals surface area contributed by atoms with Crippen LogP contribution in [0.15, 0.2) is 54.9 Å². The first-order valence-electron chi connectivity index (χ1n) is 10.8. The molecule has 4 aliphatic rings. The van der Waals surface area contributed by atoms with Crippen molar-refractivity contribution < 1.29 is 4.79 Å². The molecule has 5 heteroatoms. The number of carbonyl (C=O) groups excluding carboxylic acids is 1. The SMILES string of the molecule is O=C1Nc2ccccc2[C@]12C[C@H]2C1CCC2C(/C=C/c3cccnc3)NNC2C1. The maximum atomic E-state index is 12.8. The van der Waals surface area contributed by atoms with Crippen molar-refractivity contribution in [2.45, 2.75) is 43.2 Å². The fraction of sp³-hybridized carbons (Fsp3) is 0.417. The van der Waals surface area contributed by atoms with Crippen LogP contribution in [0, 0.1) is 17.8 Å². The van der Waals surface area contributed by atoms with E-state index in [1.807, 2.05) is 24.4 Å². The van der Waals surface area contributed by atoms with Crippen molar-refractivity contribution in [1.29, 1.82) is 0 Å². The standard InChI is InChI=1S/C24H26N4O/c29-23-24(18-5-1-2-6-21(18)26-23)13-19(24)16-8-9-17-20(27-28-22(17)12-16)10-7-15-4-3-11-25-14-15/h1-7,10-11,14,16-17,19-20,22,27-28H,8-9,12-13H2,(H,26,29)/b10-7+/t16?,17?,19-,20?,22?,24-/m0/s1.